The number of phenolic OH excluding ortho intramolecular Hbond substituents is 1. The van der Waals surface area contributed by atoms with Gasteiger partial charge in [0.2, 0.25) is 0 Å². The molecule has 2 aliphatic rings. The quantitative estimate of drug-likeness (QED) is 0.823. The second kappa shape index (κ2) is 8.91. The molecular weight excluding hydrogens is 310 g/mol. The first-order chi connectivity index (χ1) is 12.2. The molecule has 1 atom stereocenters. The normalized spacial score (nSPS) is 21.2. The van der Waals surface area contributed by atoms with Crippen molar-refractivity contribution < 1.29 is 5.11 Å². The highest BCUT2D eigenvalue weighted by Gasteiger charge is 2.32. The standard InChI is InChI=1S/C21H35N3O/c1-3-23(4-2)18-10-11-19(20(25)16-18)21(17-8-6-5-7-9-17)24-14-12-22-13-15-24/h10-11,16-17,21-22,25H,3-9,12-15H2,1-2H3/t21-/m0/s1. The number of piperazine rings is 1. The van der Waals surface area contributed by atoms with Gasteiger partial charge in [-0.25, -0.2) is 0 Å². The van der Waals surface area contributed by atoms with Gasteiger partial charge in [-0.05, 0) is 38.7 Å². The number of nitrogens with one attached hydrogen (secondary N) is 1. The molecule has 1 saturated heterocycles. The molecule has 0 amide bonds. The second-order valence-electron chi connectivity index (χ2n) is 7.54. The third kappa shape index (κ3) is 4.29. The van der Waals surface area contributed by atoms with Gasteiger partial charge in [0.05, 0.1) is 0 Å². The maximum absolute atomic E-state index is 10.9. The van der Waals surface area contributed by atoms with E-state index >= 15 is 0 Å². The van der Waals surface area contributed by atoms with Crippen LogP contribution in [0, 0.1) is 5.92 Å². The number of rotatable bonds is 6. The van der Waals surface area contributed by atoms with Crippen LogP contribution < -0.4 is 10.2 Å². The summed E-state index contributed by atoms with van der Waals surface area (Å²) in [6.45, 7) is 10.6. The smallest absolute Gasteiger partial charge is 0.122 e. The molecule has 3 rings (SSSR count). The van der Waals surface area contributed by atoms with Crippen LogP contribution in [-0.4, -0.2) is 49.3 Å². The summed E-state index contributed by atoms with van der Waals surface area (Å²) in [7, 11) is 0. The zero-order chi connectivity index (χ0) is 17.6. The fourth-order valence-corrected chi connectivity index (χ4v) is 4.73. The minimum absolute atomic E-state index is 0.369. The number of benzene rings is 1. The van der Waals surface area contributed by atoms with Crippen LogP contribution in [0.15, 0.2) is 18.2 Å². The van der Waals surface area contributed by atoms with Crippen molar-refractivity contribution >= 4 is 5.69 Å². The fourth-order valence-electron chi connectivity index (χ4n) is 4.73. The van der Waals surface area contributed by atoms with Gasteiger partial charge in [0.15, 0.2) is 0 Å². The number of hydrogen-bond donors (Lipinski definition) is 2. The molecule has 2 N–H and O–H groups in total. The number of hydrogen-bond acceptors (Lipinski definition) is 4. The maximum atomic E-state index is 10.9. The predicted molar refractivity (Wildman–Crippen MR) is 105 cm³/mol. The van der Waals surface area contributed by atoms with Gasteiger partial charge in [0.1, 0.15) is 5.75 Å². The lowest BCUT2D eigenvalue weighted by molar-refractivity contribution is 0.101. The van der Waals surface area contributed by atoms with Crippen molar-refractivity contribution in [2.45, 2.75) is 52.0 Å². The fraction of sp³-hybridized carbons (Fsp3) is 0.714. The summed E-state index contributed by atoms with van der Waals surface area (Å²) >= 11 is 0. The van der Waals surface area contributed by atoms with Gasteiger partial charge in [-0.1, -0.05) is 25.3 Å². The third-order valence-electron chi connectivity index (χ3n) is 6.10. The average molecular weight is 346 g/mol. The molecule has 1 aromatic rings. The molecule has 140 valence electrons. The highest BCUT2D eigenvalue weighted by molar-refractivity contribution is 5.54. The Morgan fingerprint density at radius 3 is 2.40 bits per heavy atom. The number of nitrogens with zero attached hydrogens (tertiary/aromatic N) is 2. The molecule has 1 aromatic carbocycles. The molecule has 25 heavy (non-hydrogen) atoms. The van der Waals surface area contributed by atoms with Crippen molar-refractivity contribution in [3.8, 4) is 5.75 Å². The molecule has 2 fully saturated rings. The summed E-state index contributed by atoms with van der Waals surface area (Å²) in [5.74, 6) is 1.16. The summed E-state index contributed by atoms with van der Waals surface area (Å²) < 4.78 is 0. The van der Waals surface area contributed by atoms with E-state index in [1.54, 1.807) is 0 Å². The second-order valence-corrected chi connectivity index (χ2v) is 7.54. The van der Waals surface area contributed by atoms with Crippen LogP contribution in [0.5, 0.6) is 5.75 Å². The third-order valence-corrected chi connectivity index (χ3v) is 6.10. The first-order valence-corrected chi connectivity index (χ1v) is 10.3. The number of anilines is 1. The van der Waals surface area contributed by atoms with Crippen molar-refractivity contribution in [1.29, 1.82) is 0 Å². The summed E-state index contributed by atoms with van der Waals surface area (Å²) in [6.07, 6.45) is 6.65. The van der Waals surface area contributed by atoms with Crippen molar-refractivity contribution in [2.75, 3.05) is 44.2 Å². The molecule has 4 heteroatoms. The molecule has 1 heterocycles. The van der Waals surface area contributed by atoms with Crippen LogP contribution in [0.2, 0.25) is 0 Å². The molecule has 1 saturated carbocycles. The Morgan fingerprint density at radius 2 is 1.80 bits per heavy atom. The van der Waals surface area contributed by atoms with Gasteiger partial charge in [-0.2, -0.15) is 0 Å². The van der Waals surface area contributed by atoms with Crippen LogP contribution in [0.4, 0.5) is 5.69 Å². The first-order valence-electron chi connectivity index (χ1n) is 10.3. The highest BCUT2D eigenvalue weighted by Crippen LogP contribution is 2.42. The molecule has 0 spiro atoms. The van der Waals surface area contributed by atoms with Gasteiger partial charge in [0.25, 0.3) is 0 Å². The molecule has 0 aromatic heterocycles. The van der Waals surface area contributed by atoms with E-state index in [1.807, 2.05) is 6.07 Å². The van der Waals surface area contributed by atoms with Gasteiger partial charge in [-0.3, -0.25) is 4.90 Å². The van der Waals surface area contributed by atoms with Gasteiger partial charge >= 0.3 is 0 Å². The zero-order valence-corrected chi connectivity index (χ0v) is 16.0. The van der Waals surface area contributed by atoms with E-state index in [0.29, 0.717) is 17.7 Å². The van der Waals surface area contributed by atoms with Crippen LogP contribution in [0.25, 0.3) is 0 Å². The van der Waals surface area contributed by atoms with E-state index < -0.39 is 0 Å². The van der Waals surface area contributed by atoms with Gasteiger partial charge in [0, 0.05) is 62.6 Å². The van der Waals surface area contributed by atoms with Crippen molar-refractivity contribution in [3.63, 3.8) is 0 Å². The maximum Gasteiger partial charge on any atom is 0.122 e. The van der Waals surface area contributed by atoms with Crippen LogP contribution in [0.3, 0.4) is 0 Å². The Labute approximate surface area is 153 Å². The molecule has 0 radical (unpaired) electrons. The van der Waals surface area contributed by atoms with E-state index in [2.05, 4.69) is 41.1 Å². The van der Waals surface area contributed by atoms with Crippen molar-refractivity contribution in [2.24, 2.45) is 5.92 Å². The number of phenols is 1. The SMILES string of the molecule is CCN(CC)c1ccc([C@H](C2CCCCC2)N2CCNCC2)c(O)c1. The predicted octanol–water partition coefficient (Wildman–Crippen LogP) is 3.77. The molecule has 0 unspecified atom stereocenters. The zero-order valence-electron chi connectivity index (χ0n) is 16.0. The van der Waals surface area contributed by atoms with Crippen LogP contribution in [0.1, 0.15) is 57.6 Å². The molecule has 4 nitrogen and oxygen atoms in total. The first kappa shape index (κ1) is 18.5. The Kier molecular flexibility index (Phi) is 6.60. The molecular formula is C21H35N3O. The Bertz CT molecular complexity index is 514. The lowest BCUT2D eigenvalue weighted by Gasteiger charge is -2.41. The monoisotopic (exact) mass is 345 g/mol. The Morgan fingerprint density at radius 1 is 1.12 bits per heavy atom. The largest absolute Gasteiger partial charge is 0.508 e. The summed E-state index contributed by atoms with van der Waals surface area (Å²) in [4.78, 5) is 4.91. The molecule has 0 bridgehead atoms. The topological polar surface area (TPSA) is 38.7 Å². The van der Waals surface area contributed by atoms with E-state index in [-0.39, 0.29) is 0 Å². The lowest BCUT2D eigenvalue weighted by atomic mass is 9.80. The van der Waals surface area contributed by atoms with Crippen molar-refractivity contribution in [1.82, 2.24) is 10.2 Å². The molecule has 1 aliphatic carbocycles. The number of aromatic hydroxyl groups is 1. The minimum Gasteiger partial charge on any atom is -0.508 e. The van der Waals surface area contributed by atoms with E-state index in [0.717, 1.165) is 50.5 Å². The Balaban J connectivity index is 1.89. The Hall–Kier alpha value is -1.26. The highest BCUT2D eigenvalue weighted by atomic mass is 16.3. The average Bonchev–Trinajstić information content (AvgIpc) is 2.66. The van der Waals surface area contributed by atoms with E-state index in [4.69, 9.17) is 0 Å². The minimum atomic E-state index is 0.369. The summed E-state index contributed by atoms with van der Waals surface area (Å²) in [5, 5.41) is 14.4. The molecule has 1 aliphatic heterocycles. The van der Waals surface area contributed by atoms with Gasteiger partial charge in [-0.15, -0.1) is 0 Å². The lowest BCUT2D eigenvalue weighted by Crippen LogP contribution is -2.47. The van der Waals surface area contributed by atoms with Crippen molar-refractivity contribution in [3.05, 3.63) is 23.8 Å². The van der Waals surface area contributed by atoms with E-state index in [9.17, 15) is 5.11 Å². The van der Waals surface area contributed by atoms with E-state index in [1.165, 1.54) is 32.1 Å². The summed E-state index contributed by atoms with van der Waals surface area (Å²) in [5.41, 5.74) is 2.28. The summed E-state index contributed by atoms with van der Waals surface area (Å²) in [6, 6.07) is 6.76. The van der Waals surface area contributed by atoms with Gasteiger partial charge < -0.3 is 15.3 Å². The van der Waals surface area contributed by atoms with Crippen LogP contribution >= 0.6 is 0 Å². The van der Waals surface area contributed by atoms with Crippen LogP contribution in [-0.2, 0) is 0 Å².